The molecule has 2 unspecified atom stereocenters. The predicted octanol–water partition coefficient (Wildman–Crippen LogP) is 2.63. The first kappa shape index (κ1) is 19.5. The molecule has 3 atom stereocenters. The number of carbonyl (C=O) groups is 1. The number of aromatic nitrogens is 1. The quantitative estimate of drug-likeness (QED) is 0.513. The summed E-state index contributed by atoms with van der Waals surface area (Å²) in [6, 6.07) is 9.81. The molecular weight excluding hydrogens is 363 g/mol. The van der Waals surface area contributed by atoms with Gasteiger partial charge in [0.2, 0.25) is 0 Å². The van der Waals surface area contributed by atoms with Gasteiger partial charge in [-0.25, -0.2) is 0 Å². The Hall–Kier alpha value is -2.22. The van der Waals surface area contributed by atoms with Crippen LogP contribution in [0.1, 0.15) is 37.4 Å². The molecule has 0 aliphatic carbocycles. The molecule has 0 bridgehead atoms. The lowest BCUT2D eigenvalue weighted by Crippen LogP contribution is -2.22. The number of hydrogen-bond donors (Lipinski definition) is 0. The van der Waals surface area contributed by atoms with Crippen LogP contribution in [-0.4, -0.2) is 48.4 Å². The van der Waals surface area contributed by atoms with Gasteiger partial charge in [-0.3, -0.25) is 9.79 Å². The smallest absolute Gasteiger partial charge is 0.306 e. The van der Waals surface area contributed by atoms with E-state index >= 15 is 0 Å². The average molecular weight is 386 g/mol. The number of thioether (sulfide) groups is 1. The number of ether oxygens (including phenoxy) is 2. The van der Waals surface area contributed by atoms with Gasteiger partial charge >= 0.3 is 5.97 Å². The van der Waals surface area contributed by atoms with Crippen LogP contribution in [0, 0.1) is 0 Å². The first-order chi connectivity index (χ1) is 13.1. The monoisotopic (exact) mass is 386 g/mol. The molecule has 8 heteroatoms. The van der Waals surface area contributed by atoms with Crippen LogP contribution in [0.4, 0.5) is 0 Å². The maximum absolute atomic E-state index is 12.0. The highest BCUT2D eigenvalue weighted by atomic mass is 32.2. The van der Waals surface area contributed by atoms with E-state index in [1.165, 1.54) is 6.26 Å². The van der Waals surface area contributed by atoms with Crippen LogP contribution in [0.2, 0.25) is 0 Å². The maximum atomic E-state index is 12.0. The zero-order valence-corrected chi connectivity index (χ0v) is 16.6. The second-order valence-electron chi connectivity index (χ2n) is 6.41. The van der Waals surface area contributed by atoms with Crippen LogP contribution < -0.4 is 4.74 Å². The van der Waals surface area contributed by atoms with Crippen molar-refractivity contribution in [1.82, 2.24) is 5.16 Å². The summed E-state index contributed by atoms with van der Waals surface area (Å²) in [5.41, 5.74) is 1.67. The summed E-state index contributed by atoms with van der Waals surface area (Å²) in [5, 5.41) is 4.35. The molecule has 1 aliphatic rings. The van der Waals surface area contributed by atoms with Crippen LogP contribution in [0.3, 0.4) is 0 Å². The van der Waals surface area contributed by atoms with Crippen molar-refractivity contribution >= 4 is 30.5 Å². The van der Waals surface area contributed by atoms with Gasteiger partial charge in [0, 0.05) is 16.9 Å². The molecule has 0 fully saturated rings. The minimum Gasteiger partial charge on any atom is -0.492 e. The molecule has 1 aromatic heterocycles. The average Bonchev–Trinajstić information content (AvgIpc) is 3.28. The summed E-state index contributed by atoms with van der Waals surface area (Å²) in [7, 11) is 2.03. The Morgan fingerprint density at radius 2 is 2.11 bits per heavy atom. The zero-order valence-electron chi connectivity index (χ0n) is 15.8. The molecule has 3 rings (SSSR count). The van der Waals surface area contributed by atoms with E-state index in [2.05, 4.69) is 17.1 Å². The van der Waals surface area contributed by atoms with Crippen molar-refractivity contribution in [3.63, 3.8) is 0 Å². The van der Waals surface area contributed by atoms with Crippen LogP contribution in [0.5, 0.6) is 5.75 Å². The second-order valence-corrected chi connectivity index (χ2v) is 7.84. The largest absolute Gasteiger partial charge is 0.492 e. The molecule has 0 amide bonds. The van der Waals surface area contributed by atoms with Crippen LogP contribution in [0.25, 0.3) is 0 Å². The van der Waals surface area contributed by atoms with E-state index < -0.39 is 0 Å². The minimum absolute atomic E-state index is 0.210. The predicted molar refractivity (Wildman–Crippen MR) is 108 cm³/mol. The normalized spacial score (nSPS) is 20.1. The molecule has 142 valence electrons. The number of aliphatic imine (C=N–C) groups is 1. The standard InChI is InChI=1S/C19H23BN2O4S/c1-3-24-18(23)10-15(16-8-9-26-22-16)13-4-6-14(7-5-13)25-11-17-12(2)21-19(20)27-17/h4-9,12,15,17H,3,10-11,20H2,1-2H3/t12?,15-,17?/m0/s1. The van der Waals surface area contributed by atoms with Gasteiger partial charge in [-0.1, -0.05) is 17.3 Å². The van der Waals surface area contributed by atoms with Crippen LogP contribution >= 0.6 is 11.8 Å². The molecule has 27 heavy (non-hydrogen) atoms. The van der Waals surface area contributed by atoms with Crippen molar-refractivity contribution in [1.29, 1.82) is 0 Å². The molecular formula is C19H23BN2O4S. The van der Waals surface area contributed by atoms with Gasteiger partial charge in [-0.15, -0.1) is 11.8 Å². The number of hydrogen-bond acceptors (Lipinski definition) is 7. The molecule has 6 nitrogen and oxygen atoms in total. The van der Waals surface area contributed by atoms with E-state index in [9.17, 15) is 4.79 Å². The summed E-state index contributed by atoms with van der Waals surface area (Å²) in [6.07, 6.45) is 1.73. The fourth-order valence-corrected chi connectivity index (χ4v) is 4.11. The van der Waals surface area contributed by atoms with Gasteiger partial charge in [-0.2, -0.15) is 0 Å². The molecule has 2 aromatic rings. The molecule has 0 saturated heterocycles. The number of rotatable bonds is 8. The third kappa shape index (κ3) is 5.16. The molecule has 0 N–H and O–H groups in total. The van der Waals surface area contributed by atoms with Gasteiger partial charge in [0.25, 0.3) is 0 Å². The lowest BCUT2D eigenvalue weighted by atomic mass is 9.92. The first-order valence-corrected chi connectivity index (χ1v) is 9.94. The van der Waals surface area contributed by atoms with Crippen molar-refractivity contribution < 1.29 is 18.8 Å². The summed E-state index contributed by atoms with van der Waals surface area (Å²) >= 11 is 1.77. The van der Waals surface area contributed by atoms with Crippen LogP contribution in [-0.2, 0) is 9.53 Å². The minimum atomic E-state index is -0.256. The Morgan fingerprint density at radius 1 is 1.33 bits per heavy atom. The van der Waals surface area contributed by atoms with Crippen molar-refractivity contribution in [2.75, 3.05) is 13.2 Å². The third-order valence-corrected chi connectivity index (χ3v) is 5.71. The molecule has 0 radical (unpaired) electrons. The molecule has 1 aromatic carbocycles. The van der Waals surface area contributed by atoms with E-state index in [4.69, 9.17) is 14.0 Å². The number of carbonyl (C=O) groups excluding carboxylic acids is 1. The van der Waals surface area contributed by atoms with Gasteiger partial charge < -0.3 is 14.0 Å². The fraction of sp³-hybridized carbons (Fsp3) is 0.421. The van der Waals surface area contributed by atoms with Crippen molar-refractivity contribution in [2.24, 2.45) is 4.99 Å². The van der Waals surface area contributed by atoms with Crippen molar-refractivity contribution in [2.45, 2.75) is 37.5 Å². The first-order valence-electron chi connectivity index (χ1n) is 9.06. The number of nitrogens with zero attached hydrogens (tertiary/aromatic N) is 2. The van der Waals surface area contributed by atoms with Gasteiger partial charge in [0.1, 0.15) is 18.6 Å². The maximum Gasteiger partial charge on any atom is 0.306 e. The van der Waals surface area contributed by atoms with E-state index in [1.54, 1.807) is 24.8 Å². The van der Waals surface area contributed by atoms with Crippen LogP contribution in [0.15, 0.2) is 46.1 Å². The Morgan fingerprint density at radius 3 is 2.70 bits per heavy atom. The van der Waals surface area contributed by atoms with Gasteiger partial charge in [0.05, 0.1) is 30.0 Å². The Bertz CT molecular complexity index is 780. The number of esters is 1. The summed E-state index contributed by atoms with van der Waals surface area (Å²) in [6.45, 7) is 4.88. The third-order valence-electron chi connectivity index (χ3n) is 4.43. The van der Waals surface area contributed by atoms with Crippen molar-refractivity contribution in [3.8, 4) is 5.75 Å². The highest BCUT2D eigenvalue weighted by molar-refractivity contribution is 8.17. The topological polar surface area (TPSA) is 73.9 Å². The molecule has 0 spiro atoms. The summed E-state index contributed by atoms with van der Waals surface area (Å²) in [4.78, 5) is 17.6. The SMILES string of the molecule is BC1=NC(C)C(COc2ccc([C@H](CC(=O)OCC)c3ccon3)cc2)S1. The lowest BCUT2D eigenvalue weighted by Gasteiger charge is -2.16. The van der Waals surface area contributed by atoms with E-state index in [-0.39, 0.29) is 24.3 Å². The highest BCUT2D eigenvalue weighted by Crippen LogP contribution is 2.30. The Balaban J connectivity index is 1.65. The number of benzene rings is 1. The Labute approximate surface area is 164 Å². The van der Waals surface area contributed by atoms with E-state index in [1.807, 2.05) is 32.1 Å². The van der Waals surface area contributed by atoms with E-state index in [0.717, 1.165) is 16.3 Å². The summed E-state index contributed by atoms with van der Waals surface area (Å²) in [5.74, 6) is 0.331. The zero-order chi connectivity index (χ0) is 19.2. The second kappa shape index (κ2) is 9.13. The highest BCUT2D eigenvalue weighted by Gasteiger charge is 2.25. The van der Waals surface area contributed by atoms with E-state index in [0.29, 0.717) is 24.2 Å². The molecule has 2 heterocycles. The molecule has 1 aliphatic heterocycles. The van der Waals surface area contributed by atoms with Gasteiger partial charge in [-0.05, 0) is 31.5 Å². The molecule has 0 saturated carbocycles. The Kier molecular flexibility index (Phi) is 6.61. The van der Waals surface area contributed by atoms with Crippen molar-refractivity contribution in [3.05, 3.63) is 47.9 Å². The lowest BCUT2D eigenvalue weighted by molar-refractivity contribution is -0.143. The fourth-order valence-electron chi connectivity index (χ4n) is 3.05. The van der Waals surface area contributed by atoms with Gasteiger partial charge in [0.15, 0.2) is 7.85 Å². The summed E-state index contributed by atoms with van der Waals surface area (Å²) < 4.78 is 16.0.